The summed E-state index contributed by atoms with van der Waals surface area (Å²) >= 11 is 0. The van der Waals surface area contributed by atoms with Crippen LogP contribution in [0.2, 0.25) is 0 Å². The number of nitrogens with one attached hydrogen (secondary N) is 1. The molecule has 1 aromatic carbocycles. The van der Waals surface area contributed by atoms with Crippen molar-refractivity contribution in [3.05, 3.63) is 34.9 Å². The lowest BCUT2D eigenvalue weighted by Gasteiger charge is -2.35. The molecule has 1 atom stereocenters. The van der Waals surface area contributed by atoms with E-state index in [1.165, 1.54) is 16.7 Å². The molecule has 19 heavy (non-hydrogen) atoms. The molecule has 0 bridgehead atoms. The highest BCUT2D eigenvalue weighted by Gasteiger charge is 2.37. The van der Waals surface area contributed by atoms with Crippen LogP contribution in [0.1, 0.15) is 42.9 Å². The molecule has 0 radical (unpaired) electrons. The fourth-order valence-corrected chi connectivity index (χ4v) is 3.25. The number of rotatable bonds is 4. The van der Waals surface area contributed by atoms with Gasteiger partial charge in [-0.25, -0.2) is 0 Å². The molecule has 1 N–H and O–H groups in total. The van der Waals surface area contributed by atoms with Gasteiger partial charge in [0.1, 0.15) is 5.78 Å². The normalized spacial score (nSPS) is 23.3. The van der Waals surface area contributed by atoms with E-state index in [4.69, 9.17) is 0 Å². The zero-order valence-corrected chi connectivity index (χ0v) is 12.4. The summed E-state index contributed by atoms with van der Waals surface area (Å²) in [5, 5.41) is 3.40. The molecule has 1 aromatic rings. The first-order valence-electron chi connectivity index (χ1n) is 7.37. The van der Waals surface area contributed by atoms with Crippen LogP contribution in [0.15, 0.2) is 18.2 Å². The van der Waals surface area contributed by atoms with Crippen molar-refractivity contribution >= 4 is 5.78 Å². The molecule has 2 rings (SSSR count). The molecular weight excluding hydrogens is 234 g/mol. The summed E-state index contributed by atoms with van der Waals surface area (Å²) in [4.78, 5) is 12.7. The average Bonchev–Trinajstić information content (AvgIpc) is 2.38. The van der Waals surface area contributed by atoms with Gasteiger partial charge in [0.05, 0.1) is 0 Å². The topological polar surface area (TPSA) is 29.1 Å². The number of Topliss-reactive ketones (excluding diaryl/α,β-unsaturated/α-hetero) is 1. The second-order valence-corrected chi connectivity index (χ2v) is 6.01. The van der Waals surface area contributed by atoms with Crippen LogP contribution in [-0.2, 0) is 11.2 Å². The van der Waals surface area contributed by atoms with Gasteiger partial charge in [0.15, 0.2) is 0 Å². The molecule has 1 heterocycles. The summed E-state index contributed by atoms with van der Waals surface area (Å²) in [6.07, 6.45) is 3.69. The van der Waals surface area contributed by atoms with E-state index in [-0.39, 0.29) is 5.41 Å². The summed E-state index contributed by atoms with van der Waals surface area (Å²) in [6.45, 7) is 8.25. The maximum atomic E-state index is 12.7. The van der Waals surface area contributed by atoms with E-state index < -0.39 is 0 Å². The van der Waals surface area contributed by atoms with Crippen molar-refractivity contribution in [2.24, 2.45) is 5.41 Å². The van der Waals surface area contributed by atoms with Crippen molar-refractivity contribution in [2.75, 3.05) is 13.1 Å². The number of piperidine rings is 1. The summed E-state index contributed by atoms with van der Waals surface area (Å²) in [5.41, 5.74) is 3.53. The van der Waals surface area contributed by atoms with Gasteiger partial charge in [0.2, 0.25) is 0 Å². The molecule has 2 nitrogen and oxygen atoms in total. The Kier molecular flexibility index (Phi) is 4.41. The largest absolute Gasteiger partial charge is 0.316 e. The number of carbonyl (C=O) groups excluding carboxylic acids is 1. The first kappa shape index (κ1) is 14.3. The molecule has 1 saturated heterocycles. The quantitative estimate of drug-likeness (QED) is 0.899. The molecule has 1 aliphatic rings. The van der Waals surface area contributed by atoms with E-state index in [9.17, 15) is 4.79 Å². The van der Waals surface area contributed by atoms with Gasteiger partial charge in [0.25, 0.3) is 0 Å². The summed E-state index contributed by atoms with van der Waals surface area (Å²) in [6, 6.07) is 6.45. The molecule has 1 aliphatic heterocycles. The van der Waals surface area contributed by atoms with Crippen molar-refractivity contribution in [3.63, 3.8) is 0 Å². The van der Waals surface area contributed by atoms with Crippen LogP contribution >= 0.6 is 0 Å². The van der Waals surface area contributed by atoms with E-state index in [1.807, 2.05) is 0 Å². The number of hydrogen-bond acceptors (Lipinski definition) is 2. The summed E-state index contributed by atoms with van der Waals surface area (Å²) < 4.78 is 0. The molecule has 0 spiro atoms. The second-order valence-electron chi connectivity index (χ2n) is 6.01. The Hall–Kier alpha value is -1.15. The SMILES string of the molecule is CCC1(C(=O)Cc2cc(C)cc(C)c2)CCCNC1. The number of ketones is 1. The summed E-state index contributed by atoms with van der Waals surface area (Å²) in [5.74, 6) is 0.409. The highest BCUT2D eigenvalue weighted by molar-refractivity contribution is 5.87. The Morgan fingerprint density at radius 1 is 1.26 bits per heavy atom. The van der Waals surface area contributed by atoms with Gasteiger partial charge in [-0.2, -0.15) is 0 Å². The minimum atomic E-state index is -0.129. The number of carbonyl (C=O) groups is 1. The van der Waals surface area contributed by atoms with Gasteiger partial charge in [-0.3, -0.25) is 4.79 Å². The van der Waals surface area contributed by atoms with Gasteiger partial charge in [-0.15, -0.1) is 0 Å². The zero-order valence-electron chi connectivity index (χ0n) is 12.4. The molecule has 104 valence electrons. The average molecular weight is 259 g/mol. The third kappa shape index (κ3) is 3.24. The van der Waals surface area contributed by atoms with Gasteiger partial charge < -0.3 is 5.32 Å². The Bertz CT molecular complexity index is 438. The molecule has 1 unspecified atom stereocenters. The maximum Gasteiger partial charge on any atom is 0.144 e. The van der Waals surface area contributed by atoms with Crippen molar-refractivity contribution < 1.29 is 4.79 Å². The third-order valence-corrected chi connectivity index (χ3v) is 4.39. The van der Waals surface area contributed by atoms with Crippen LogP contribution in [-0.4, -0.2) is 18.9 Å². The second kappa shape index (κ2) is 5.87. The highest BCUT2D eigenvalue weighted by atomic mass is 16.1. The fourth-order valence-electron chi connectivity index (χ4n) is 3.25. The molecule has 0 amide bonds. The highest BCUT2D eigenvalue weighted by Crippen LogP contribution is 2.32. The van der Waals surface area contributed by atoms with Crippen LogP contribution in [0, 0.1) is 19.3 Å². The maximum absolute atomic E-state index is 12.7. The Morgan fingerprint density at radius 3 is 2.47 bits per heavy atom. The number of hydrogen-bond donors (Lipinski definition) is 1. The van der Waals surface area contributed by atoms with Gasteiger partial charge in [0, 0.05) is 18.4 Å². The lowest BCUT2D eigenvalue weighted by atomic mass is 9.73. The Balaban J connectivity index is 2.14. The van der Waals surface area contributed by atoms with Crippen LogP contribution in [0.4, 0.5) is 0 Å². The molecule has 0 aromatic heterocycles. The monoisotopic (exact) mass is 259 g/mol. The van der Waals surface area contributed by atoms with E-state index in [1.54, 1.807) is 0 Å². The van der Waals surface area contributed by atoms with Crippen molar-refractivity contribution in [3.8, 4) is 0 Å². The summed E-state index contributed by atoms with van der Waals surface area (Å²) in [7, 11) is 0. The van der Waals surface area contributed by atoms with Crippen LogP contribution in [0.3, 0.4) is 0 Å². The predicted octanol–water partition coefficient (Wildman–Crippen LogP) is 3.19. The predicted molar refractivity (Wildman–Crippen MR) is 79.5 cm³/mol. The van der Waals surface area contributed by atoms with Gasteiger partial charge >= 0.3 is 0 Å². The van der Waals surface area contributed by atoms with Crippen molar-refractivity contribution in [1.82, 2.24) is 5.32 Å². The first-order chi connectivity index (χ1) is 9.05. The van der Waals surface area contributed by atoms with Gasteiger partial charge in [-0.05, 0) is 45.2 Å². The van der Waals surface area contributed by atoms with E-state index >= 15 is 0 Å². The molecule has 2 heteroatoms. The number of benzene rings is 1. The first-order valence-corrected chi connectivity index (χ1v) is 7.37. The smallest absolute Gasteiger partial charge is 0.144 e. The zero-order chi connectivity index (χ0) is 13.9. The number of aryl methyl sites for hydroxylation is 2. The Labute approximate surface area is 116 Å². The fraction of sp³-hybridized carbons (Fsp3) is 0.588. The molecule has 1 fully saturated rings. The van der Waals surface area contributed by atoms with E-state index in [2.05, 4.69) is 44.3 Å². The van der Waals surface area contributed by atoms with Crippen molar-refractivity contribution in [1.29, 1.82) is 0 Å². The standard InChI is InChI=1S/C17H25NO/c1-4-17(6-5-7-18-12-17)16(19)11-15-9-13(2)8-14(3)10-15/h8-10,18H,4-7,11-12H2,1-3H3. The minimum Gasteiger partial charge on any atom is -0.316 e. The lowest BCUT2D eigenvalue weighted by Crippen LogP contribution is -2.45. The van der Waals surface area contributed by atoms with Crippen molar-refractivity contribution in [2.45, 2.75) is 46.5 Å². The minimum absolute atomic E-state index is 0.129. The lowest BCUT2D eigenvalue weighted by molar-refractivity contribution is -0.129. The Morgan fingerprint density at radius 2 is 1.95 bits per heavy atom. The van der Waals surface area contributed by atoms with Crippen LogP contribution in [0.25, 0.3) is 0 Å². The van der Waals surface area contributed by atoms with E-state index in [0.29, 0.717) is 12.2 Å². The molecular formula is C17H25NO. The van der Waals surface area contributed by atoms with Crippen LogP contribution < -0.4 is 5.32 Å². The molecule has 0 saturated carbocycles. The van der Waals surface area contributed by atoms with E-state index in [0.717, 1.165) is 32.4 Å². The third-order valence-electron chi connectivity index (χ3n) is 4.39. The van der Waals surface area contributed by atoms with Gasteiger partial charge in [-0.1, -0.05) is 36.2 Å². The van der Waals surface area contributed by atoms with Crippen LogP contribution in [0.5, 0.6) is 0 Å². The molecule has 0 aliphatic carbocycles.